The van der Waals surface area contributed by atoms with Crippen LogP contribution in [0.4, 0.5) is 0 Å². The first-order valence-corrected chi connectivity index (χ1v) is 14.5. The molecule has 33 heavy (non-hydrogen) atoms. The molecule has 0 aromatic carbocycles. The second-order valence-corrected chi connectivity index (χ2v) is 10.7. The van der Waals surface area contributed by atoms with Gasteiger partial charge in [0.2, 0.25) is 11.6 Å². The molecule has 0 aliphatic heterocycles. The van der Waals surface area contributed by atoms with E-state index in [1.165, 1.54) is 103 Å². The maximum atomic E-state index is 10.2. The summed E-state index contributed by atoms with van der Waals surface area (Å²) in [6.45, 7) is 0. The van der Waals surface area contributed by atoms with Crippen molar-refractivity contribution in [3.63, 3.8) is 0 Å². The molecule has 0 radical (unpaired) electrons. The molecule has 0 amide bonds. The van der Waals surface area contributed by atoms with E-state index < -0.39 is 17.7 Å². The fourth-order valence-corrected chi connectivity index (χ4v) is 5.07. The summed E-state index contributed by atoms with van der Waals surface area (Å²) in [6, 6.07) is 0. The molecule has 1 aliphatic rings. The lowest BCUT2D eigenvalue weighted by atomic mass is 9.91. The van der Waals surface area contributed by atoms with Crippen LogP contribution in [0.3, 0.4) is 0 Å². The molecule has 1 aliphatic carbocycles. The number of hydrogen-bond acceptors (Lipinski definition) is 5. The van der Waals surface area contributed by atoms with Crippen molar-refractivity contribution in [2.24, 2.45) is 0 Å². The van der Waals surface area contributed by atoms with E-state index in [0.717, 1.165) is 32.1 Å². The fourth-order valence-electron chi connectivity index (χ4n) is 5.07. The van der Waals surface area contributed by atoms with Crippen LogP contribution in [0.2, 0.25) is 0 Å². The molecule has 5 heteroatoms. The van der Waals surface area contributed by atoms with Crippen LogP contribution in [-0.2, 0) is 0 Å². The summed E-state index contributed by atoms with van der Waals surface area (Å²) in [5, 5.41) is 51.1. The molecule has 198 valence electrons. The van der Waals surface area contributed by atoms with Crippen LogP contribution in [-0.4, -0.2) is 43.2 Å². The molecule has 0 bridgehead atoms. The highest BCUT2D eigenvalue weighted by Gasteiger charge is 2.51. The van der Waals surface area contributed by atoms with Crippen molar-refractivity contribution in [3.8, 4) is 0 Å². The van der Waals surface area contributed by atoms with Crippen molar-refractivity contribution in [2.75, 3.05) is 0 Å². The minimum Gasteiger partial charge on any atom is -0.387 e. The molecule has 5 nitrogen and oxygen atoms in total. The van der Waals surface area contributed by atoms with E-state index >= 15 is 0 Å². The first-order chi connectivity index (χ1) is 15.9. The summed E-state index contributed by atoms with van der Waals surface area (Å²) >= 11 is 0. The summed E-state index contributed by atoms with van der Waals surface area (Å²) < 4.78 is 0. The average molecular weight is 473 g/mol. The predicted molar refractivity (Wildman–Crippen MR) is 136 cm³/mol. The maximum absolute atomic E-state index is 10.2. The highest BCUT2D eigenvalue weighted by molar-refractivity contribution is 4.88. The number of rotatable bonds is 0. The SMILES string of the molecule is OC1CCCCCCCCCCCCCCCCCCCCCCCCCC(O)(O)C1(O)O. The Morgan fingerprint density at radius 3 is 0.909 bits per heavy atom. The van der Waals surface area contributed by atoms with Crippen molar-refractivity contribution >= 4 is 0 Å². The molecular formula is C28H56O5. The van der Waals surface area contributed by atoms with Crippen LogP contribution in [0, 0.1) is 0 Å². The first-order valence-electron chi connectivity index (χ1n) is 14.5. The standard InChI is InChI=1S/C28H56O5/c29-26-24-22-20-18-16-14-12-10-8-6-4-2-1-3-5-7-9-11-13-15-17-19-21-23-25-27(30,31)28(26,32)33/h26,29-33H,1-25H2. The quantitative estimate of drug-likeness (QED) is 0.260. The predicted octanol–water partition coefficient (Wildman–Crippen LogP) is 6.48. The third kappa shape index (κ3) is 14.7. The summed E-state index contributed by atoms with van der Waals surface area (Å²) in [5.74, 6) is -5.58. The third-order valence-corrected chi connectivity index (χ3v) is 7.56. The Bertz CT molecular complexity index is 438. The highest BCUT2D eigenvalue weighted by atomic mass is 16.6. The summed E-state index contributed by atoms with van der Waals surface area (Å²) in [7, 11) is 0. The molecule has 0 spiro atoms. The summed E-state index contributed by atoms with van der Waals surface area (Å²) in [6.07, 6.45) is 25.8. The molecule has 0 aromatic rings. The molecule has 5 N–H and O–H groups in total. The molecule has 0 heterocycles. The van der Waals surface area contributed by atoms with Gasteiger partial charge in [0.25, 0.3) is 0 Å². The lowest BCUT2D eigenvalue weighted by Crippen LogP contribution is -2.61. The van der Waals surface area contributed by atoms with Gasteiger partial charge in [-0.2, -0.15) is 0 Å². The van der Waals surface area contributed by atoms with Crippen LogP contribution in [0.1, 0.15) is 161 Å². The minimum atomic E-state index is -2.89. The molecule has 0 saturated heterocycles. The maximum Gasteiger partial charge on any atom is 0.245 e. The van der Waals surface area contributed by atoms with E-state index in [-0.39, 0.29) is 12.8 Å². The van der Waals surface area contributed by atoms with E-state index in [9.17, 15) is 25.5 Å². The van der Waals surface area contributed by atoms with Crippen LogP contribution in [0.15, 0.2) is 0 Å². The number of aliphatic hydroxyl groups is 5. The molecule has 1 fully saturated rings. The van der Waals surface area contributed by atoms with Crippen molar-refractivity contribution in [2.45, 2.75) is 178 Å². The average Bonchev–Trinajstić information content (AvgIpc) is 2.78. The van der Waals surface area contributed by atoms with Gasteiger partial charge in [-0.15, -0.1) is 0 Å². The van der Waals surface area contributed by atoms with E-state index in [1.54, 1.807) is 0 Å². The van der Waals surface area contributed by atoms with E-state index in [4.69, 9.17) is 0 Å². The zero-order valence-corrected chi connectivity index (χ0v) is 21.5. The van der Waals surface area contributed by atoms with Gasteiger partial charge in [-0.25, -0.2) is 0 Å². The molecule has 1 saturated carbocycles. The van der Waals surface area contributed by atoms with Gasteiger partial charge in [-0.1, -0.05) is 141 Å². The molecule has 1 rings (SSSR count). The van der Waals surface area contributed by atoms with Gasteiger partial charge in [0.15, 0.2) is 0 Å². The Morgan fingerprint density at radius 1 is 0.364 bits per heavy atom. The van der Waals surface area contributed by atoms with Gasteiger partial charge in [0, 0.05) is 6.42 Å². The Labute approximate surface area is 204 Å². The number of aliphatic hydroxyl groups excluding tert-OH is 1. The van der Waals surface area contributed by atoms with Gasteiger partial charge < -0.3 is 25.5 Å². The Morgan fingerprint density at radius 2 is 0.606 bits per heavy atom. The second kappa shape index (κ2) is 19.0. The minimum absolute atomic E-state index is 0.142. The smallest absolute Gasteiger partial charge is 0.245 e. The second-order valence-electron chi connectivity index (χ2n) is 10.7. The van der Waals surface area contributed by atoms with E-state index in [1.807, 2.05) is 0 Å². The largest absolute Gasteiger partial charge is 0.387 e. The van der Waals surface area contributed by atoms with Crippen LogP contribution in [0.25, 0.3) is 0 Å². The zero-order valence-electron chi connectivity index (χ0n) is 21.5. The van der Waals surface area contributed by atoms with Crippen molar-refractivity contribution in [3.05, 3.63) is 0 Å². The van der Waals surface area contributed by atoms with Gasteiger partial charge >= 0.3 is 0 Å². The summed E-state index contributed by atoms with van der Waals surface area (Å²) in [4.78, 5) is 0. The number of hydrogen-bond donors (Lipinski definition) is 5. The van der Waals surface area contributed by atoms with Crippen LogP contribution in [0.5, 0.6) is 0 Å². The lowest BCUT2D eigenvalue weighted by Gasteiger charge is -2.38. The highest BCUT2D eigenvalue weighted by Crippen LogP contribution is 2.29. The topological polar surface area (TPSA) is 101 Å². The third-order valence-electron chi connectivity index (χ3n) is 7.56. The van der Waals surface area contributed by atoms with Gasteiger partial charge in [-0.3, -0.25) is 0 Å². The zero-order chi connectivity index (χ0) is 24.3. The lowest BCUT2D eigenvalue weighted by molar-refractivity contribution is -0.386. The van der Waals surface area contributed by atoms with Crippen molar-refractivity contribution in [1.82, 2.24) is 0 Å². The van der Waals surface area contributed by atoms with E-state index in [2.05, 4.69) is 0 Å². The van der Waals surface area contributed by atoms with Crippen LogP contribution >= 0.6 is 0 Å². The molecular weight excluding hydrogens is 416 g/mol. The van der Waals surface area contributed by atoms with Gasteiger partial charge in [-0.05, 0) is 12.8 Å². The van der Waals surface area contributed by atoms with Crippen LogP contribution < -0.4 is 0 Å². The Kier molecular flexibility index (Phi) is 17.8. The Hall–Kier alpha value is -0.200. The Balaban J connectivity index is 2.35. The summed E-state index contributed by atoms with van der Waals surface area (Å²) in [5.41, 5.74) is 0. The van der Waals surface area contributed by atoms with Crippen molar-refractivity contribution < 1.29 is 25.5 Å². The molecule has 0 aromatic heterocycles. The molecule has 1 atom stereocenters. The van der Waals surface area contributed by atoms with Crippen molar-refractivity contribution in [1.29, 1.82) is 0 Å². The van der Waals surface area contributed by atoms with Gasteiger partial charge in [0.1, 0.15) is 6.10 Å². The van der Waals surface area contributed by atoms with E-state index in [0.29, 0.717) is 12.8 Å². The first kappa shape index (κ1) is 30.8. The monoisotopic (exact) mass is 472 g/mol. The normalized spacial score (nSPS) is 27.7. The van der Waals surface area contributed by atoms with Gasteiger partial charge in [0.05, 0.1) is 0 Å². The molecule has 1 unspecified atom stereocenters. The fraction of sp³-hybridized carbons (Fsp3) is 1.00.